The highest BCUT2D eigenvalue weighted by molar-refractivity contribution is 6.42. The minimum absolute atomic E-state index is 0.302. The minimum Gasteiger partial charge on any atom is -0.490 e. The van der Waals surface area contributed by atoms with E-state index in [2.05, 4.69) is 20.8 Å². The fourth-order valence-corrected chi connectivity index (χ4v) is 3.14. The molecule has 10 heteroatoms. The Morgan fingerprint density at radius 3 is 2.48 bits per heavy atom. The van der Waals surface area contributed by atoms with Gasteiger partial charge < -0.3 is 14.8 Å². The molecular weight excluding hydrogens is 437 g/mol. The Kier molecular flexibility index (Phi) is 7.41. The third kappa shape index (κ3) is 5.44. The molecule has 1 aromatic heterocycles. The van der Waals surface area contributed by atoms with Crippen LogP contribution >= 0.6 is 34.8 Å². The van der Waals surface area contributed by atoms with E-state index >= 15 is 0 Å². The van der Waals surface area contributed by atoms with E-state index in [0.717, 1.165) is 11.1 Å². The summed E-state index contributed by atoms with van der Waals surface area (Å²) in [4.78, 5) is 0. The van der Waals surface area contributed by atoms with Gasteiger partial charge in [-0.05, 0) is 53.6 Å². The number of hydrogen-bond acceptors (Lipinski definition) is 6. The first-order valence-electron chi connectivity index (χ1n) is 9.03. The number of benzene rings is 2. The third-order valence-corrected chi connectivity index (χ3v) is 5.15. The van der Waals surface area contributed by atoms with Crippen LogP contribution in [-0.4, -0.2) is 26.8 Å². The summed E-state index contributed by atoms with van der Waals surface area (Å²) in [6.45, 7) is 5.76. The quantitative estimate of drug-likeness (QED) is 0.474. The topological polar surface area (TPSA) is 74.1 Å². The highest BCUT2D eigenvalue weighted by Gasteiger charge is 2.13. The van der Waals surface area contributed by atoms with Crippen molar-refractivity contribution in [1.29, 1.82) is 0 Å². The Morgan fingerprint density at radius 1 is 0.966 bits per heavy atom. The van der Waals surface area contributed by atoms with E-state index in [1.807, 2.05) is 26.0 Å². The molecule has 7 nitrogen and oxygen atoms in total. The minimum atomic E-state index is 0.302. The lowest BCUT2D eigenvalue weighted by Crippen LogP contribution is -2.09. The molecule has 29 heavy (non-hydrogen) atoms. The second kappa shape index (κ2) is 10.0. The van der Waals surface area contributed by atoms with Gasteiger partial charge in [0.15, 0.2) is 11.5 Å². The number of ether oxygens (including phenoxy) is 2. The molecule has 0 atom stereocenters. The van der Waals surface area contributed by atoms with Crippen LogP contribution in [0.1, 0.15) is 25.0 Å². The van der Waals surface area contributed by atoms with Crippen molar-refractivity contribution in [3.63, 3.8) is 0 Å². The van der Waals surface area contributed by atoms with Gasteiger partial charge in [0, 0.05) is 24.2 Å². The molecule has 0 aliphatic rings. The lowest BCUT2D eigenvalue weighted by Gasteiger charge is -2.15. The largest absolute Gasteiger partial charge is 0.490 e. The summed E-state index contributed by atoms with van der Waals surface area (Å²) in [7, 11) is 0. The Bertz CT molecular complexity index is 980. The first-order valence-corrected chi connectivity index (χ1v) is 10.2. The van der Waals surface area contributed by atoms with Crippen LogP contribution in [0.25, 0.3) is 0 Å². The van der Waals surface area contributed by atoms with Gasteiger partial charge in [-0.3, -0.25) is 0 Å². The molecule has 3 aromatic rings. The van der Waals surface area contributed by atoms with Crippen molar-refractivity contribution in [1.82, 2.24) is 20.2 Å². The molecule has 3 rings (SSSR count). The average molecular weight is 457 g/mol. The Balaban J connectivity index is 1.75. The Hall–Kier alpha value is -2.22. The summed E-state index contributed by atoms with van der Waals surface area (Å²) in [6.07, 6.45) is 0. The molecule has 0 aliphatic heterocycles. The number of hydrogen-bond donors (Lipinski definition) is 1. The van der Waals surface area contributed by atoms with Gasteiger partial charge >= 0.3 is 0 Å². The van der Waals surface area contributed by atoms with Crippen LogP contribution in [-0.2, 0) is 19.7 Å². The van der Waals surface area contributed by atoms with Crippen LogP contribution in [0.3, 0.4) is 0 Å². The normalized spacial score (nSPS) is 10.8. The van der Waals surface area contributed by atoms with Crippen LogP contribution in [0.2, 0.25) is 15.1 Å². The van der Waals surface area contributed by atoms with Crippen LogP contribution < -0.4 is 14.8 Å². The maximum absolute atomic E-state index is 6.47. The number of nitrogens with zero attached hydrogens (tertiary/aromatic N) is 4. The van der Waals surface area contributed by atoms with Crippen LogP contribution in [0.5, 0.6) is 11.5 Å². The van der Waals surface area contributed by atoms with Crippen molar-refractivity contribution in [3.8, 4) is 11.5 Å². The fourth-order valence-electron chi connectivity index (χ4n) is 2.60. The second-order valence-corrected chi connectivity index (χ2v) is 7.25. The molecule has 1 N–H and O–H groups in total. The summed E-state index contributed by atoms with van der Waals surface area (Å²) in [5, 5.41) is 16.2. The van der Waals surface area contributed by atoms with Gasteiger partial charge in [-0.2, -0.15) is 0 Å². The standard InChI is InChI=1S/C19H20Cl3N5O2/c1-3-27-19(24-25-26-27)23-10-13-8-17(28-4-2)18(9-15(13)21)29-11-12-5-6-14(20)16(22)7-12/h5-9H,3-4,10-11H2,1-2H3,(H,23,24,26). The lowest BCUT2D eigenvalue weighted by atomic mass is 10.2. The second-order valence-electron chi connectivity index (χ2n) is 6.03. The van der Waals surface area contributed by atoms with Gasteiger partial charge in [-0.15, -0.1) is 0 Å². The smallest absolute Gasteiger partial charge is 0.243 e. The fraction of sp³-hybridized carbons (Fsp3) is 0.316. The molecule has 154 valence electrons. The monoisotopic (exact) mass is 455 g/mol. The number of tetrazole rings is 1. The molecule has 0 amide bonds. The zero-order chi connectivity index (χ0) is 20.8. The van der Waals surface area contributed by atoms with Gasteiger partial charge in [0.1, 0.15) is 6.61 Å². The zero-order valence-corrected chi connectivity index (χ0v) is 18.2. The summed E-state index contributed by atoms with van der Waals surface area (Å²) in [5.74, 6) is 1.72. The number of halogens is 3. The molecule has 0 saturated carbocycles. The SMILES string of the molecule is CCOc1cc(CNc2nnnn2CC)c(Cl)cc1OCc1ccc(Cl)c(Cl)c1. The van der Waals surface area contributed by atoms with Gasteiger partial charge in [-0.1, -0.05) is 46.0 Å². The highest BCUT2D eigenvalue weighted by Crippen LogP contribution is 2.35. The molecule has 0 fully saturated rings. The molecule has 0 unspecified atom stereocenters. The van der Waals surface area contributed by atoms with E-state index in [-0.39, 0.29) is 0 Å². The summed E-state index contributed by atoms with van der Waals surface area (Å²) < 4.78 is 13.3. The molecule has 1 heterocycles. The maximum Gasteiger partial charge on any atom is 0.243 e. The van der Waals surface area contributed by atoms with E-state index in [0.29, 0.717) is 58.8 Å². The Morgan fingerprint density at radius 2 is 1.76 bits per heavy atom. The molecule has 0 bridgehead atoms. The first-order chi connectivity index (χ1) is 14.0. The third-order valence-electron chi connectivity index (χ3n) is 4.06. The first kappa shape index (κ1) is 21.5. The van der Waals surface area contributed by atoms with Gasteiger partial charge in [-0.25, -0.2) is 4.68 Å². The van der Waals surface area contributed by atoms with Crippen molar-refractivity contribution in [3.05, 3.63) is 56.5 Å². The number of aryl methyl sites for hydroxylation is 1. The Labute approximate surface area is 183 Å². The van der Waals surface area contributed by atoms with Gasteiger partial charge in [0.2, 0.25) is 5.95 Å². The maximum atomic E-state index is 6.47. The number of anilines is 1. The van der Waals surface area contributed by atoms with Crippen LogP contribution in [0.4, 0.5) is 5.95 Å². The van der Waals surface area contributed by atoms with Crippen molar-refractivity contribution < 1.29 is 9.47 Å². The molecule has 0 saturated heterocycles. The predicted molar refractivity (Wildman–Crippen MR) is 114 cm³/mol. The summed E-state index contributed by atoms with van der Waals surface area (Å²) in [6, 6.07) is 8.94. The van der Waals surface area contributed by atoms with Crippen molar-refractivity contribution in [2.75, 3.05) is 11.9 Å². The number of nitrogens with one attached hydrogen (secondary N) is 1. The number of aromatic nitrogens is 4. The van der Waals surface area contributed by atoms with Crippen molar-refractivity contribution in [2.24, 2.45) is 0 Å². The van der Waals surface area contributed by atoms with E-state index in [1.165, 1.54) is 0 Å². The lowest BCUT2D eigenvalue weighted by molar-refractivity contribution is 0.269. The van der Waals surface area contributed by atoms with E-state index in [9.17, 15) is 0 Å². The molecule has 0 radical (unpaired) electrons. The van der Waals surface area contributed by atoms with Crippen molar-refractivity contribution in [2.45, 2.75) is 33.5 Å². The molecule has 0 spiro atoms. The zero-order valence-electron chi connectivity index (χ0n) is 16.0. The van der Waals surface area contributed by atoms with E-state index in [4.69, 9.17) is 44.3 Å². The van der Waals surface area contributed by atoms with Gasteiger partial charge in [0.05, 0.1) is 16.7 Å². The summed E-state index contributed by atoms with van der Waals surface area (Å²) in [5.41, 5.74) is 1.72. The van der Waals surface area contributed by atoms with Crippen LogP contribution in [0.15, 0.2) is 30.3 Å². The van der Waals surface area contributed by atoms with Crippen molar-refractivity contribution >= 4 is 40.8 Å². The predicted octanol–water partition coefficient (Wildman–Crippen LogP) is 5.24. The van der Waals surface area contributed by atoms with Gasteiger partial charge in [0.25, 0.3) is 0 Å². The van der Waals surface area contributed by atoms with E-state index in [1.54, 1.807) is 22.9 Å². The average Bonchev–Trinajstić information content (AvgIpc) is 3.17. The molecule has 0 aliphatic carbocycles. The van der Waals surface area contributed by atoms with E-state index < -0.39 is 0 Å². The highest BCUT2D eigenvalue weighted by atomic mass is 35.5. The molecule has 2 aromatic carbocycles. The summed E-state index contributed by atoms with van der Waals surface area (Å²) >= 11 is 18.5. The number of rotatable bonds is 9. The van der Waals surface area contributed by atoms with Crippen LogP contribution in [0, 0.1) is 0 Å². The molecular formula is C19H20Cl3N5O2.